The number of anilines is 1. The van der Waals surface area contributed by atoms with Crippen LogP contribution in [0.2, 0.25) is 0 Å². The summed E-state index contributed by atoms with van der Waals surface area (Å²) in [7, 11) is 1.45. The summed E-state index contributed by atoms with van der Waals surface area (Å²) in [5.41, 5.74) is 7.24. The van der Waals surface area contributed by atoms with Gasteiger partial charge in [0.05, 0.1) is 12.5 Å². The van der Waals surface area contributed by atoms with E-state index in [0.29, 0.717) is 12.6 Å². The minimum atomic E-state index is -0.481. The van der Waals surface area contributed by atoms with E-state index in [1.165, 1.54) is 25.5 Å². The number of nitrogen functional groups attached to an aromatic ring is 1. The molecule has 1 aliphatic carbocycles. The van der Waals surface area contributed by atoms with Crippen molar-refractivity contribution in [3.8, 4) is 0 Å². The van der Waals surface area contributed by atoms with Crippen LogP contribution in [0.3, 0.4) is 0 Å². The van der Waals surface area contributed by atoms with Crippen LogP contribution in [0, 0.1) is 5.41 Å². The molecule has 0 aromatic heterocycles. The molecule has 0 radical (unpaired) electrons. The van der Waals surface area contributed by atoms with E-state index >= 15 is 0 Å². The van der Waals surface area contributed by atoms with Crippen molar-refractivity contribution in [1.82, 2.24) is 4.90 Å². The average molecular weight is 276 g/mol. The van der Waals surface area contributed by atoms with Crippen molar-refractivity contribution >= 4 is 11.7 Å². The van der Waals surface area contributed by atoms with Crippen molar-refractivity contribution in [3.05, 3.63) is 29.8 Å². The highest BCUT2D eigenvalue weighted by atomic mass is 16.5. The molecule has 1 aliphatic rings. The molecule has 0 unspecified atom stereocenters. The second kappa shape index (κ2) is 5.83. The zero-order chi connectivity index (χ0) is 14.8. The van der Waals surface area contributed by atoms with Gasteiger partial charge >= 0.3 is 5.97 Å². The van der Waals surface area contributed by atoms with Gasteiger partial charge in [0.15, 0.2) is 0 Å². The van der Waals surface area contributed by atoms with Gasteiger partial charge in [-0.05, 0) is 44.4 Å². The van der Waals surface area contributed by atoms with Crippen LogP contribution in [0.1, 0.15) is 32.3 Å². The number of methoxy groups -OCH3 is 1. The lowest BCUT2D eigenvalue weighted by atomic mass is 9.92. The summed E-state index contributed by atoms with van der Waals surface area (Å²) < 4.78 is 4.90. The van der Waals surface area contributed by atoms with Crippen LogP contribution in [0.4, 0.5) is 5.69 Å². The van der Waals surface area contributed by atoms with Crippen LogP contribution < -0.4 is 5.73 Å². The number of rotatable bonds is 6. The molecule has 0 saturated heterocycles. The smallest absolute Gasteiger partial charge is 0.312 e. The SMILES string of the molecule is COC(=O)C(C)(C)CN(Cc1ccc(N)cc1)C1CC1. The number of ether oxygens (including phenoxy) is 1. The quantitative estimate of drug-likeness (QED) is 0.640. The summed E-state index contributed by atoms with van der Waals surface area (Å²) >= 11 is 0. The maximum Gasteiger partial charge on any atom is 0.312 e. The molecule has 0 aliphatic heterocycles. The van der Waals surface area contributed by atoms with Gasteiger partial charge in [-0.25, -0.2) is 0 Å². The number of nitrogens with two attached hydrogens (primary N) is 1. The third kappa shape index (κ3) is 3.73. The van der Waals surface area contributed by atoms with Gasteiger partial charge in [0.2, 0.25) is 0 Å². The molecule has 0 spiro atoms. The normalized spacial score (nSPS) is 15.4. The number of hydrogen-bond acceptors (Lipinski definition) is 4. The first-order chi connectivity index (χ1) is 9.42. The molecule has 20 heavy (non-hydrogen) atoms. The molecule has 1 aromatic carbocycles. The van der Waals surface area contributed by atoms with E-state index in [1.54, 1.807) is 0 Å². The van der Waals surface area contributed by atoms with E-state index in [-0.39, 0.29) is 5.97 Å². The Bertz CT molecular complexity index is 464. The molecule has 0 amide bonds. The summed E-state index contributed by atoms with van der Waals surface area (Å²) in [6.45, 7) is 5.45. The largest absolute Gasteiger partial charge is 0.469 e. The van der Waals surface area contributed by atoms with Gasteiger partial charge in [-0.15, -0.1) is 0 Å². The Hall–Kier alpha value is -1.55. The number of carbonyl (C=O) groups excluding carboxylic acids is 1. The Morgan fingerprint density at radius 3 is 2.45 bits per heavy atom. The maximum absolute atomic E-state index is 11.8. The third-order valence-corrected chi connectivity index (χ3v) is 3.77. The minimum Gasteiger partial charge on any atom is -0.469 e. The molecule has 4 nitrogen and oxygen atoms in total. The molecule has 0 atom stereocenters. The van der Waals surface area contributed by atoms with Crippen molar-refractivity contribution in [1.29, 1.82) is 0 Å². The van der Waals surface area contributed by atoms with Crippen molar-refractivity contribution < 1.29 is 9.53 Å². The first-order valence-corrected chi connectivity index (χ1v) is 7.09. The molecule has 1 fully saturated rings. The molecule has 2 N–H and O–H groups in total. The average Bonchev–Trinajstić information content (AvgIpc) is 3.23. The summed E-state index contributed by atoms with van der Waals surface area (Å²) in [5, 5.41) is 0. The Kier molecular flexibility index (Phi) is 4.33. The lowest BCUT2D eigenvalue weighted by Gasteiger charge is -2.30. The standard InChI is InChI=1S/C16H24N2O2/c1-16(2,15(19)20-3)11-18(14-8-9-14)10-12-4-6-13(17)7-5-12/h4-7,14H,8-11,17H2,1-3H3. The number of carbonyl (C=O) groups is 1. The summed E-state index contributed by atoms with van der Waals surface area (Å²) in [6.07, 6.45) is 2.43. The Morgan fingerprint density at radius 2 is 1.95 bits per heavy atom. The van der Waals surface area contributed by atoms with Gasteiger partial charge < -0.3 is 10.5 Å². The molecule has 2 rings (SSSR count). The highest BCUT2D eigenvalue weighted by Crippen LogP contribution is 2.32. The lowest BCUT2D eigenvalue weighted by molar-refractivity contribution is -0.152. The van der Waals surface area contributed by atoms with Crippen LogP contribution in [0.25, 0.3) is 0 Å². The monoisotopic (exact) mass is 276 g/mol. The fraction of sp³-hybridized carbons (Fsp3) is 0.562. The fourth-order valence-electron chi connectivity index (χ4n) is 2.46. The zero-order valence-electron chi connectivity index (χ0n) is 12.6. The van der Waals surface area contributed by atoms with E-state index in [9.17, 15) is 4.79 Å². The molecule has 1 saturated carbocycles. The van der Waals surface area contributed by atoms with Crippen LogP contribution in [0.5, 0.6) is 0 Å². The highest BCUT2D eigenvalue weighted by Gasteiger charge is 2.37. The van der Waals surface area contributed by atoms with Crippen molar-refractivity contribution in [2.45, 2.75) is 39.3 Å². The Labute approximate surface area is 120 Å². The van der Waals surface area contributed by atoms with Crippen LogP contribution in [0.15, 0.2) is 24.3 Å². The van der Waals surface area contributed by atoms with Crippen LogP contribution >= 0.6 is 0 Å². The van der Waals surface area contributed by atoms with Gasteiger partial charge in [0, 0.05) is 24.8 Å². The molecular formula is C16H24N2O2. The Morgan fingerprint density at radius 1 is 1.35 bits per heavy atom. The third-order valence-electron chi connectivity index (χ3n) is 3.77. The van der Waals surface area contributed by atoms with Crippen LogP contribution in [-0.4, -0.2) is 30.6 Å². The Balaban J connectivity index is 2.04. The lowest BCUT2D eigenvalue weighted by Crippen LogP contribution is -2.40. The first-order valence-electron chi connectivity index (χ1n) is 7.09. The highest BCUT2D eigenvalue weighted by molar-refractivity contribution is 5.76. The van der Waals surface area contributed by atoms with Crippen LogP contribution in [-0.2, 0) is 16.1 Å². The second-order valence-electron chi connectivity index (χ2n) is 6.25. The number of nitrogens with zero attached hydrogens (tertiary/aromatic N) is 1. The molecule has 0 bridgehead atoms. The first kappa shape index (κ1) is 14.9. The van der Waals surface area contributed by atoms with Gasteiger partial charge in [-0.1, -0.05) is 12.1 Å². The van der Waals surface area contributed by atoms with Crippen molar-refractivity contribution in [2.24, 2.45) is 5.41 Å². The number of hydrogen-bond donors (Lipinski definition) is 1. The summed E-state index contributed by atoms with van der Waals surface area (Å²) in [4.78, 5) is 14.2. The fourth-order valence-corrected chi connectivity index (χ4v) is 2.46. The zero-order valence-corrected chi connectivity index (χ0v) is 12.6. The maximum atomic E-state index is 11.8. The predicted octanol–water partition coefficient (Wildman–Crippen LogP) is 2.43. The molecule has 0 heterocycles. The number of benzene rings is 1. The number of esters is 1. The molecule has 110 valence electrons. The molecule has 4 heteroatoms. The minimum absolute atomic E-state index is 0.152. The van der Waals surface area contributed by atoms with E-state index in [1.807, 2.05) is 26.0 Å². The van der Waals surface area contributed by atoms with E-state index < -0.39 is 5.41 Å². The van der Waals surface area contributed by atoms with Crippen molar-refractivity contribution in [3.63, 3.8) is 0 Å². The topological polar surface area (TPSA) is 55.6 Å². The van der Waals surface area contributed by atoms with E-state index in [4.69, 9.17) is 10.5 Å². The second-order valence-corrected chi connectivity index (χ2v) is 6.25. The van der Waals surface area contributed by atoms with Gasteiger partial charge in [0.25, 0.3) is 0 Å². The predicted molar refractivity (Wildman–Crippen MR) is 80.1 cm³/mol. The summed E-state index contributed by atoms with van der Waals surface area (Å²) in [6, 6.07) is 8.54. The summed E-state index contributed by atoms with van der Waals surface area (Å²) in [5.74, 6) is -0.152. The molecule has 1 aromatic rings. The van der Waals surface area contributed by atoms with E-state index in [2.05, 4.69) is 17.0 Å². The molecular weight excluding hydrogens is 252 g/mol. The van der Waals surface area contributed by atoms with Gasteiger partial charge in [-0.3, -0.25) is 9.69 Å². The van der Waals surface area contributed by atoms with E-state index in [0.717, 1.165) is 12.2 Å². The van der Waals surface area contributed by atoms with Gasteiger partial charge in [0.1, 0.15) is 0 Å². The van der Waals surface area contributed by atoms with Gasteiger partial charge in [-0.2, -0.15) is 0 Å². The van der Waals surface area contributed by atoms with Crippen molar-refractivity contribution in [2.75, 3.05) is 19.4 Å².